The minimum absolute atomic E-state index is 0.0154. The summed E-state index contributed by atoms with van der Waals surface area (Å²) in [7, 11) is -0.0650. The number of ether oxygens (including phenoxy) is 1. The van der Waals surface area contributed by atoms with Gasteiger partial charge < -0.3 is 25.3 Å². The average molecular weight is 463 g/mol. The van der Waals surface area contributed by atoms with Crippen LogP contribution in [0.1, 0.15) is 18.4 Å². The smallest absolute Gasteiger partial charge is 0.407 e. The molecule has 0 bridgehead atoms. The number of nitrogens with zero attached hydrogens (tertiary/aromatic N) is 5. The second-order valence-electron chi connectivity index (χ2n) is 7.30. The second kappa shape index (κ2) is 9.78. The van der Waals surface area contributed by atoms with Gasteiger partial charge in [0.15, 0.2) is 11.5 Å². The number of nitrogens with two attached hydrogens (primary N) is 2. The minimum atomic E-state index is -3.74. The van der Waals surface area contributed by atoms with Gasteiger partial charge in [0.05, 0.1) is 17.8 Å². The number of sulfonamides is 1. The zero-order chi connectivity index (χ0) is 23.3. The molecule has 0 aliphatic heterocycles. The topological polar surface area (TPSA) is 171 Å². The van der Waals surface area contributed by atoms with Gasteiger partial charge in [-0.05, 0) is 30.5 Å². The van der Waals surface area contributed by atoms with E-state index >= 15 is 0 Å². The first kappa shape index (κ1) is 23.2. The number of hydrogen-bond donors (Lipinski definition) is 3. The lowest BCUT2D eigenvalue weighted by Gasteiger charge is -2.11. The first-order valence-corrected chi connectivity index (χ1v) is 11.4. The fourth-order valence-corrected chi connectivity index (χ4v) is 3.40. The van der Waals surface area contributed by atoms with E-state index in [1.54, 1.807) is 23.4 Å². The van der Waals surface area contributed by atoms with Crippen molar-refractivity contribution in [3.8, 4) is 0 Å². The molecule has 0 unspecified atom stereocenters. The Labute approximate surface area is 185 Å². The molecule has 0 spiro atoms. The van der Waals surface area contributed by atoms with Gasteiger partial charge in [-0.3, -0.25) is 0 Å². The Bertz CT molecular complexity index is 1190. The molecule has 13 heteroatoms. The maximum absolute atomic E-state index is 11.8. The van der Waals surface area contributed by atoms with E-state index in [0.717, 1.165) is 12.0 Å². The number of aromatic nitrogens is 4. The fraction of sp³-hybridized carbons (Fsp3) is 0.368. The zero-order valence-electron chi connectivity index (χ0n) is 17.9. The third-order valence-corrected chi connectivity index (χ3v) is 5.52. The van der Waals surface area contributed by atoms with Crippen molar-refractivity contribution in [3.05, 3.63) is 36.2 Å². The Morgan fingerprint density at radius 2 is 1.91 bits per heavy atom. The molecule has 1 aromatic carbocycles. The Balaban J connectivity index is 1.41. The van der Waals surface area contributed by atoms with Crippen LogP contribution in [0.3, 0.4) is 0 Å². The van der Waals surface area contributed by atoms with Gasteiger partial charge in [-0.1, -0.05) is 12.1 Å². The zero-order valence-corrected chi connectivity index (χ0v) is 18.7. The van der Waals surface area contributed by atoms with Crippen LogP contribution in [0.4, 0.5) is 16.6 Å². The molecular formula is C19H26N8O4S. The Kier molecular flexibility index (Phi) is 7.10. The van der Waals surface area contributed by atoms with Crippen LogP contribution in [0.2, 0.25) is 0 Å². The lowest BCUT2D eigenvalue weighted by molar-refractivity contribution is 0.143. The van der Waals surface area contributed by atoms with Gasteiger partial charge in [-0.25, -0.2) is 23.3 Å². The van der Waals surface area contributed by atoms with Crippen molar-refractivity contribution in [1.82, 2.24) is 24.8 Å². The molecule has 0 aliphatic carbocycles. The number of nitrogen functional groups attached to an aromatic ring is 1. The molecule has 12 nitrogen and oxygen atoms in total. The monoisotopic (exact) mass is 462 g/mol. The summed E-state index contributed by atoms with van der Waals surface area (Å²) in [5.74, 6) is 0.841. The molecule has 0 fully saturated rings. The maximum atomic E-state index is 11.8. The van der Waals surface area contributed by atoms with E-state index in [0.29, 0.717) is 35.9 Å². The van der Waals surface area contributed by atoms with Crippen LogP contribution in [0, 0.1) is 0 Å². The van der Waals surface area contributed by atoms with Gasteiger partial charge in [-0.2, -0.15) is 9.97 Å². The molecule has 172 valence electrons. The van der Waals surface area contributed by atoms with Crippen LogP contribution in [0.5, 0.6) is 0 Å². The van der Waals surface area contributed by atoms with Crippen LogP contribution in [-0.2, 0) is 27.8 Å². The summed E-state index contributed by atoms with van der Waals surface area (Å²) in [6.07, 6.45) is 2.51. The summed E-state index contributed by atoms with van der Waals surface area (Å²) in [6, 6.07) is 5.93. The van der Waals surface area contributed by atoms with E-state index in [-0.39, 0.29) is 18.0 Å². The SMILES string of the molecule is CN(C)c1nc(N)c2ncn(CCCCOC(=O)NCc3ccc(S(N)(=O)=O)cc3)c2n1. The van der Waals surface area contributed by atoms with Crippen molar-refractivity contribution in [2.24, 2.45) is 5.14 Å². The summed E-state index contributed by atoms with van der Waals surface area (Å²) < 4.78 is 29.6. The number of imidazole rings is 1. The minimum Gasteiger partial charge on any atom is -0.450 e. The Morgan fingerprint density at radius 1 is 1.19 bits per heavy atom. The quantitative estimate of drug-likeness (QED) is 0.389. The van der Waals surface area contributed by atoms with Gasteiger partial charge in [0.25, 0.3) is 0 Å². The van der Waals surface area contributed by atoms with Crippen LogP contribution >= 0.6 is 0 Å². The first-order chi connectivity index (χ1) is 15.1. The number of nitrogens with one attached hydrogen (secondary N) is 1. The largest absolute Gasteiger partial charge is 0.450 e. The number of primary sulfonamides is 1. The van der Waals surface area contributed by atoms with E-state index in [9.17, 15) is 13.2 Å². The van der Waals surface area contributed by atoms with Crippen LogP contribution in [-0.4, -0.2) is 54.7 Å². The highest BCUT2D eigenvalue weighted by Gasteiger charge is 2.12. The van der Waals surface area contributed by atoms with Crippen molar-refractivity contribution in [2.45, 2.75) is 30.8 Å². The molecular weight excluding hydrogens is 436 g/mol. The number of fused-ring (bicyclic) bond motifs is 1. The van der Waals surface area contributed by atoms with Gasteiger partial charge >= 0.3 is 6.09 Å². The lowest BCUT2D eigenvalue weighted by atomic mass is 10.2. The van der Waals surface area contributed by atoms with E-state index in [4.69, 9.17) is 15.6 Å². The molecule has 1 amide bonds. The number of aryl methyl sites for hydroxylation is 1. The van der Waals surface area contributed by atoms with Crippen LogP contribution in [0.15, 0.2) is 35.5 Å². The maximum Gasteiger partial charge on any atom is 0.407 e. The molecule has 0 saturated carbocycles. The normalized spacial score (nSPS) is 11.5. The lowest BCUT2D eigenvalue weighted by Crippen LogP contribution is -2.24. The third-order valence-electron chi connectivity index (χ3n) is 4.59. The number of hydrogen-bond acceptors (Lipinski definition) is 9. The molecule has 5 N–H and O–H groups in total. The number of anilines is 2. The number of carbonyl (C=O) groups excluding carboxylic acids is 1. The van der Waals surface area contributed by atoms with Gasteiger partial charge in [-0.15, -0.1) is 0 Å². The summed E-state index contributed by atoms with van der Waals surface area (Å²) in [5, 5.41) is 7.67. The van der Waals surface area contributed by atoms with Crippen molar-refractivity contribution < 1.29 is 17.9 Å². The molecule has 0 radical (unpaired) electrons. The number of amides is 1. The summed E-state index contributed by atoms with van der Waals surface area (Å²) in [4.78, 5) is 26.6. The number of carbonyl (C=O) groups is 1. The van der Waals surface area contributed by atoms with Crippen molar-refractivity contribution in [2.75, 3.05) is 31.3 Å². The number of alkyl carbamates (subject to hydrolysis) is 1. The number of rotatable bonds is 9. The van der Waals surface area contributed by atoms with E-state index in [2.05, 4.69) is 20.3 Å². The fourth-order valence-electron chi connectivity index (χ4n) is 2.89. The highest BCUT2D eigenvalue weighted by molar-refractivity contribution is 7.89. The highest BCUT2D eigenvalue weighted by atomic mass is 32.2. The van der Waals surface area contributed by atoms with Crippen LogP contribution < -0.4 is 21.1 Å². The van der Waals surface area contributed by atoms with Crippen molar-refractivity contribution >= 4 is 39.0 Å². The highest BCUT2D eigenvalue weighted by Crippen LogP contribution is 2.19. The second-order valence-corrected chi connectivity index (χ2v) is 8.86. The molecule has 0 saturated heterocycles. The molecule has 0 atom stereocenters. The van der Waals surface area contributed by atoms with Crippen LogP contribution in [0.25, 0.3) is 11.2 Å². The average Bonchev–Trinajstić information content (AvgIpc) is 3.15. The summed E-state index contributed by atoms with van der Waals surface area (Å²) >= 11 is 0. The molecule has 3 aromatic rings. The molecule has 2 heterocycles. The molecule has 2 aromatic heterocycles. The van der Waals surface area contributed by atoms with E-state index < -0.39 is 16.1 Å². The van der Waals surface area contributed by atoms with E-state index in [1.165, 1.54) is 12.1 Å². The molecule has 3 rings (SSSR count). The van der Waals surface area contributed by atoms with Gasteiger partial charge in [0, 0.05) is 27.2 Å². The van der Waals surface area contributed by atoms with Gasteiger partial charge in [0.1, 0.15) is 5.52 Å². The predicted octanol–water partition coefficient (Wildman–Crippen LogP) is 0.829. The standard InChI is InChI=1S/C19H26N8O4S/c1-26(2)18-24-16(20)15-17(25-18)27(12-23-15)9-3-4-10-31-19(28)22-11-13-5-7-14(8-6-13)32(21,29)30/h5-8,12H,3-4,9-11H2,1-2H3,(H,22,28)(H2,20,24,25)(H2,21,29,30). The molecule has 0 aliphatic rings. The third kappa shape index (κ3) is 5.82. The Hall–Kier alpha value is -3.45. The van der Waals surface area contributed by atoms with E-state index in [1.807, 2.05) is 18.7 Å². The van der Waals surface area contributed by atoms with Crippen molar-refractivity contribution in [3.63, 3.8) is 0 Å². The van der Waals surface area contributed by atoms with Crippen molar-refractivity contribution in [1.29, 1.82) is 0 Å². The first-order valence-electron chi connectivity index (χ1n) is 9.83. The number of benzene rings is 1. The Morgan fingerprint density at radius 3 is 2.56 bits per heavy atom. The summed E-state index contributed by atoms with van der Waals surface area (Å²) in [5.41, 5.74) is 7.91. The summed E-state index contributed by atoms with van der Waals surface area (Å²) in [6.45, 7) is 1.10. The van der Waals surface area contributed by atoms with Gasteiger partial charge in [0.2, 0.25) is 16.0 Å². The predicted molar refractivity (Wildman–Crippen MR) is 119 cm³/mol. The molecule has 32 heavy (non-hydrogen) atoms. The number of unbranched alkanes of at least 4 members (excludes halogenated alkanes) is 1.